The zero-order valence-electron chi connectivity index (χ0n) is 16.6. The van der Waals surface area contributed by atoms with E-state index in [2.05, 4.69) is 39.3 Å². The Kier molecular flexibility index (Phi) is 6.91. The maximum atomic E-state index is 10.7. The average molecular weight is 376 g/mol. The van der Waals surface area contributed by atoms with Gasteiger partial charge in [-0.2, -0.15) is 10.2 Å². The van der Waals surface area contributed by atoms with Crippen LogP contribution in [0, 0.1) is 10.1 Å². The molecule has 0 fully saturated rings. The van der Waals surface area contributed by atoms with E-state index in [0.29, 0.717) is 25.6 Å². The Hall–Kier alpha value is -2.91. The molecule has 2 aromatic heterocycles. The second kappa shape index (κ2) is 9.15. The second-order valence-corrected chi connectivity index (χ2v) is 6.68. The van der Waals surface area contributed by atoms with Crippen molar-refractivity contribution in [1.82, 2.24) is 29.8 Å². The molecule has 0 aromatic carbocycles. The molecular formula is C17H28N8O2. The molecule has 2 rings (SSSR count). The van der Waals surface area contributed by atoms with Crippen LogP contribution >= 0.6 is 0 Å². The quantitative estimate of drug-likeness (QED) is 0.326. The van der Waals surface area contributed by atoms with Crippen LogP contribution < -0.4 is 5.32 Å². The monoisotopic (exact) mass is 376 g/mol. The molecule has 2 aromatic rings. The van der Waals surface area contributed by atoms with Crippen LogP contribution in [0.5, 0.6) is 0 Å². The van der Waals surface area contributed by atoms with Gasteiger partial charge in [-0.05, 0) is 12.8 Å². The summed E-state index contributed by atoms with van der Waals surface area (Å²) < 4.78 is 3.37. The third-order valence-electron chi connectivity index (χ3n) is 4.01. The number of hydrogen-bond donors (Lipinski definition) is 1. The number of rotatable bonds is 8. The Bertz CT molecular complexity index is 793. The highest BCUT2D eigenvalue weighted by Crippen LogP contribution is 2.18. The van der Waals surface area contributed by atoms with Crippen LogP contribution in [0.1, 0.15) is 37.9 Å². The van der Waals surface area contributed by atoms with Crippen molar-refractivity contribution in [3.05, 3.63) is 40.0 Å². The summed E-state index contributed by atoms with van der Waals surface area (Å²) in [5, 5.41) is 22.5. The SMILES string of the molecule is CCNC(=NCCn1cc([N+](=O)[O-])cn1)N(C)Cc1cn(C)nc1C(C)C. The second-order valence-electron chi connectivity index (χ2n) is 6.68. The van der Waals surface area contributed by atoms with Gasteiger partial charge in [0.05, 0.1) is 23.7 Å². The summed E-state index contributed by atoms with van der Waals surface area (Å²) in [7, 11) is 3.91. The molecule has 0 aliphatic carbocycles. The van der Waals surface area contributed by atoms with Crippen LogP contribution in [0.4, 0.5) is 5.69 Å². The van der Waals surface area contributed by atoms with Crippen LogP contribution in [-0.4, -0.2) is 55.5 Å². The van der Waals surface area contributed by atoms with Gasteiger partial charge in [-0.15, -0.1) is 0 Å². The minimum Gasteiger partial charge on any atom is -0.357 e. The van der Waals surface area contributed by atoms with Gasteiger partial charge in [0.2, 0.25) is 0 Å². The summed E-state index contributed by atoms with van der Waals surface area (Å²) in [6, 6.07) is 0. The fourth-order valence-electron chi connectivity index (χ4n) is 2.79. The molecule has 0 atom stereocenters. The molecule has 0 saturated carbocycles. The summed E-state index contributed by atoms with van der Waals surface area (Å²) in [5.41, 5.74) is 2.24. The van der Waals surface area contributed by atoms with E-state index in [1.54, 1.807) is 0 Å². The number of aliphatic imine (C=N–C) groups is 1. The molecular weight excluding hydrogens is 348 g/mol. The van der Waals surface area contributed by atoms with Crippen LogP contribution in [0.2, 0.25) is 0 Å². The lowest BCUT2D eigenvalue weighted by atomic mass is 10.1. The molecule has 1 N–H and O–H groups in total. The third-order valence-corrected chi connectivity index (χ3v) is 4.01. The number of nitrogens with zero attached hydrogens (tertiary/aromatic N) is 7. The fraction of sp³-hybridized carbons (Fsp3) is 0.588. The number of nitrogens with one attached hydrogen (secondary N) is 1. The molecule has 0 bridgehead atoms. The zero-order valence-corrected chi connectivity index (χ0v) is 16.6. The molecule has 10 nitrogen and oxygen atoms in total. The standard InChI is InChI=1S/C17H28N8O2/c1-6-18-17(19-7-8-24-12-15(9-20-24)25(26)27)22(4)10-14-11-23(5)21-16(14)13(2)3/h9,11-13H,6-8,10H2,1-5H3,(H,18,19). The molecule has 0 spiro atoms. The Balaban J connectivity index is 2.04. The first kappa shape index (κ1) is 20.4. The van der Waals surface area contributed by atoms with Crippen molar-refractivity contribution < 1.29 is 4.92 Å². The highest BCUT2D eigenvalue weighted by atomic mass is 16.6. The average Bonchev–Trinajstić information content (AvgIpc) is 3.21. The van der Waals surface area contributed by atoms with Crippen molar-refractivity contribution >= 4 is 11.6 Å². The topological polar surface area (TPSA) is 106 Å². The minimum absolute atomic E-state index is 0.0132. The number of aromatic nitrogens is 4. The maximum absolute atomic E-state index is 10.7. The molecule has 0 radical (unpaired) electrons. The predicted molar refractivity (Wildman–Crippen MR) is 104 cm³/mol. The van der Waals surface area contributed by atoms with E-state index in [9.17, 15) is 10.1 Å². The van der Waals surface area contributed by atoms with Gasteiger partial charge < -0.3 is 10.2 Å². The van der Waals surface area contributed by atoms with Gasteiger partial charge in [0.15, 0.2) is 5.96 Å². The number of hydrogen-bond acceptors (Lipinski definition) is 5. The highest BCUT2D eigenvalue weighted by Gasteiger charge is 2.15. The van der Waals surface area contributed by atoms with E-state index in [1.807, 2.05) is 31.9 Å². The van der Waals surface area contributed by atoms with Gasteiger partial charge in [-0.1, -0.05) is 13.8 Å². The highest BCUT2D eigenvalue weighted by molar-refractivity contribution is 5.79. The summed E-state index contributed by atoms with van der Waals surface area (Å²) in [5.74, 6) is 1.13. The Morgan fingerprint density at radius 1 is 1.44 bits per heavy atom. The molecule has 10 heteroatoms. The molecule has 0 unspecified atom stereocenters. The van der Waals surface area contributed by atoms with Crippen LogP contribution in [0.15, 0.2) is 23.6 Å². The summed E-state index contributed by atoms with van der Waals surface area (Å²) in [6.45, 7) is 8.67. The summed E-state index contributed by atoms with van der Waals surface area (Å²) in [4.78, 5) is 16.9. The third kappa shape index (κ3) is 5.53. The van der Waals surface area contributed by atoms with Crippen molar-refractivity contribution in [2.75, 3.05) is 20.1 Å². The Labute approximate surface area is 159 Å². The van der Waals surface area contributed by atoms with E-state index in [4.69, 9.17) is 0 Å². The summed E-state index contributed by atoms with van der Waals surface area (Å²) >= 11 is 0. The molecule has 0 aliphatic rings. The van der Waals surface area contributed by atoms with Crippen molar-refractivity contribution in [2.45, 2.75) is 39.8 Å². The van der Waals surface area contributed by atoms with E-state index >= 15 is 0 Å². The van der Waals surface area contributed by atoms with E-state index in [0.717, 1.165) is 18.2 Å². The first-order chi connectivity index (χ1) is 12.8. The lowest BCUT2D eigenvalue weighted by Gasteiger charge is -2.22. The predicted octanol–water partition coefficient (Wildman–Crippen LogP) is 1.75. The number of guanidine groups is 1. The van der Waals surface area contributed by atoms with Crippen molar-refractivity contribution in [1.29, 1.82) is 0 Å². The lowest BCUT2D eigenvalue weighted by molar-refractivity contribution is -0.385. The molecule has 0 amide bonds. The van der Waals surface area contributed by atoms with Gasteiger partial charge in [0.25, 0.3) is 0 Å². The molecule has 148 valence electrons. The molecule has 27 heavy (non-hydrogen) atoms. The molecule has 0 saturated heterocycles. The Morgan fingerprint density at radius 3 is 2.78 bits per heavy atom. The maximum Gasteiger partial charge on any atom is 0.306 e. The van der Waals surface area contributed by atoms with E-state index in [-0.39, 0.29) is 5.69 Å². The normalized spacial score (nSPS) is 11.9. The van der Waals surface area contributed by atoms with Gasteiger partial charge in [-0.25, -0.2) is 0 Å². The molecule has 0 aliphatic heterocycles. The van der Waals surface area contributed by atoms with Gasteiger partial charge in [0.1, 0.15) is 12.4 Å². The Morgan fingerprint density at radius 2 is 2.19 bits per heavy atom. The zero-order chi connectivity index (χ0) is 20.0. The van der Waals surface area contributed by atoms with Crippen LogP contribution in [0.25, 0.3) is 0 Å². The number of aryl methyl sites for hydroxylation is 1. The minimum atomic E-state index is -0.454. The van der Waals surface area contributed by atoms with Crippen molar-refractivity contribution in [3.8, 4) is 0 Å². The largest absolute Gasteiger partial charge is 0.357 e. The van der Waals surface area contributed by atoms with Gasteiger partial charge in [-0.3, -0.25) is 24.5 Å². The lowest BCUT2D eigenvalue weighted by Crippen LogP contribution is -2.38. The van der Waals surface area contributed by atoms with E-state index < -0.39 is 4.92 Å². The first-order valence-corrected chi connectivity index (χ1v) is 9.00. The van der Waals surface area contributed by atoms with Crippen LogP contribution in [-0.2, 0) is 20.1 Å². The summed E-state index contributed by atoms with van der Waals surface area (Å²) in [6.07, 6.45) is 4.70. The van der Waals surface area contributed by atoms with Crippen molar-refractivity contribution in [2.24, 2.45) is 12.0 Å². The molecule has 2 heterocycles. The van der Waals surface area contributed by atoms with Crippen molar-refractivity contribution in [3.63, 3.8) is 0 Å². The number of nitro groups is 1. The van der Waals surface area contributed by atoms with E-state index in [1.165, 1.54) is 22.6 Å². The first-order valence-electron chi connectivity index (χ1n) is 9.00. The van der Waals surface area contributed by atoms with Gasteiger partial charge in [0, 0.05) is 38.9 Å². The van der Waals surface area contributed by atoms with Gasteiger partial charge >= 0.3 is 5.69 Å². The fourth-order valence-corrected chi connectivity index (χ4v) is 2.79. The smallest absolute Gasteiger partial charge is 0.306 e. The van der Waals surface area contributed by atoms with Crippen LogP contribution in [0.3, 0.4) is 0 Å².